The standard InChI is InChI=1S/C20H20ClN3O7/c1-11(21)7-14-15(17(29-3)19-18(16(14)28-2)30-10-31-19)9-22-23-20(25)12-5-4-6-13(8-12)24(26)27/h4-6,8-9,11H,7,10H2,1-3H3,(H,23,25)/b22-9+. The molecule has 11 heteroatoms. The van der Waals surface area contributed by atoms with Gasteiger partial charge in [0.15, 0.2) is 11.5 Å². The molecule has 0 bridgehead atoms. The molecule has 1 aliphatic rings. The molecule has 0 aliphatic carbocycles. The van der Waals surface area contributed by atoms with E-state index in [0.717, 1.165) is 6.07 Å². The third-order valence-corrected chi connectivity index (χ3v) is 4.60. The number of carbonyl (C=O) groups excluding carboxylic acids is 1. The number of non-ortho nitro benzene ring substituents is 1. The fourth-order valence-corrected chi connectivity index (χ4v) is 3.31. The molecule has 10 nitrogen and oxygen atoms in total. The van der Waals surface area contributed by atoms with E-state index in [1.807, 2.05) is 6.92 Å². The van der Waals surface area contributed by atoms with Crippen LogP contribution < -0.4 is 24.4 Å². The van der Waals surface area contributed by atoms with Gasteiger partial charge >= 0.3 is 0 Å². The number of benzene rings is 2. The van der Waals surface area contributed by atoms with E-state index in [4.69, 9.17) is 30.5 Å². The van der Waals surface area contributed by atoms with E-state index in [1.165, 1.54) is 38.6 Å². The molecule has 2 aromatic carbocycles. The molecular formula is C20H20ClN3O7. The average molecular weight is 450 g/mol. The molecule has 1 N–H and O–H groups in total. The highest BCUT2D eigenvalue weighted by Gasteiger charge is 2.31. The van der Waals surface area contributed by atoms with Crippen molar-refractivity contribution in [2.24, 2.45) is 5.10 Å². The molecule has 2 aromatic rings. The highest BCUT2D eigenvalue weighted by molar-refractivity contribution is 6.20. The van der Waals surface area contributed by atoms with E-state index in [9.17, 15) is 14.9 Å². The van der Waals surface area contributed by atoms with E-state index in [-0.39, 0.29) is 23.4 Å². The number of hydrogen-bond donors (Lipinski definition) is 1. The zero-order valence-electron chi connectivity index (χ0n) is 17.0. The molecule has 1 unspecified atom stereocenters. The van der Waals surface area contributed by atoms with Crippen LogP contribution in [0.2, 0.25) is 0 Å². The summed E-state index contributed by atoms with van der Waals surface area (Å²) < 4.78 is 22.1. The lowest BCUT2D eigenvalue weighted by Gasteiger charge is -2.18. The molecule has 3 rings (SSSR count). The maximum atomic E-state index is 12.4. The quantitative estimate of drug-likeness (QED) is 0.284. The summed E-state index contributed by atoms with van der Waals surface area (Å²) in [7, 11) is 2.97. The minimum Gasteiger partial charge on any atom is -0.492 e. The van der Waals surface area contributed by atoms with Crippen LogP contribution in [0.15, 0.2) is 29.4 Å². The minimum atomic E-state index is -0.612. The molecule has 1 atom stereocenters. The monoisotopic (exact) mass is 449 g/mol. The van der Waals surface area contributed by atoms with Crippen LogP contribution in [0.4, 0.5) is 5.69 Å². The van der Waals surface area contributed by atoms with Crippen LogP contribution in [0.25, 0.3) is 0 Å². The van der Waals surface area contributed by atoms with E-state index in [0.29, 0.717) is 40.5 Å². The largest absolute Gasteiger partial charge is 0.492 e. The SMILES string of the molecule is COc1c(/C=N/NC(=O)c2cccc([N+](=O)[O-])c2)c(CC(C)Cl)c(OC)c2c1OCO2. The van der Waals surface area contributed by atoms with Gasteiger partial charge in [0, 0.05) is 34.2 Å². The second kappa shape index (κ2) is 9.52. The third-order valence-electron chi connectivity index (χ3n) is 4.44. The van der Waals surface area contributed by atoms with Gasteiger partial charge in [0.1, 0.15) is 0 Å². The Labute approximate surface area is 182 Å². The van der Waals surface area contributed by atoms with Crippen molar-refractivity contribution >= 4 is 29.4 Å². The first-order chi connectivity index (χ1) is 14.9. The van der Waals surface area contributed by atoms with Crippen LogP contribution in [0.5, 0.6) is 23.0 Å². The fourth-order valence-electron chi connectivity index (χ4n) is 3.15. The number of alkyl halides is 1. The molecule has 0 spiro atoms. The van der Waals surface area contributed by atoms with Crippen molar-refractivity contribution in [3.05, 3.63) is 51.1 Å². The van der Waals surface area contributed by atoms with Crippen molar-refractivity contribution in [3.8, 4) is 23.0 Å². The number of hydrazone groups is 1. The van der Waals surface area contributed by atoms with Crippen molar-refractivity contribution in [2.75, 3.05) is 21.0 Å². The first-order valence-corrected chi connectivity index (χ1v) is 9.59. The predicted octanol–water partition coefficient (Wildman–Crippen LogP) is 3.27. The van der Waals surface area contributed by atoms with Crippen LogP contribution in [-0.4, -0.2) is 43.4 Å². The summed E-state index contributed by atoms with van der Waals surface area (Å²) in [5.74, 6) is 0.946. The number of nitrogens with one attached hydrogen (secondary N) is 1. The maximum absolute atomic E-state index is 12.4. The molecule has 0 saturated carbocycles. The van der Waals surface area contributed by atoms with Crippen molar-refractivity contribution in [3.63, 3.8) is 0 Å². The Morgan fingerprint density at radius 1 is 1.32 bits per heavy atom. The fraction of sp³-hybridized carbons (Fsp3) is 0.300. The third kappa shape index (κ3) is 4.64. The highest BCUT2D eigenvalue weighted by Crippen LogP contribution is 2.52. The minimum absolute atomic E-state index is 0.00202. The number of fused-ring (bicyclic) bond motifs is 1. The number of carbonyl (C=O) groups is 1. The molecule has 164 valence electrons. The summed E-state index contributed by atoms with van der Waals surface area (Å²) in [5.41, 5.74) is 3.42. The first kappa shape index (κ1) is 22.2. The van der Waals surface area contributed by atoms with Gasteiger partial charge in [0.25, 0.3) is 11.6 Å². The number of methoxy groups -OCH3 is 2. The van der Waals surface area contributed by atoms with Crippen LogP contribution >= 0.6 is 11.6 Å². The van der Waals surface area contributed by atoms with Crippen LogP contribution in [0.1, 0.15) is 28.4 Å². The maximum Gasteiger partial charge on any atom is 0.271 e. The Morgan fingerprint density at radius 2 is 2.00 bits per heavy atom. The number of nitrogens with zero attached hydrogens (tertiary/aromatic N) is 2. The van der Waals surface area contributed by atoms with Gasteiger partial charge < -0.3 is 18.9 Å². The number of nitro benzene ring substituents is 1. The first-order valence-electron chi connectivity index (χ1n) is 9.15. The number of halogens is 1. The van der Waals surface area contributed by atoms with Crippen molar-refractivity contribution < 1.29 is 28.7 Å². The number of rotatable bonds is 8. The Morgan fingerprint density at radius 3 is 2.61 bits per heavy atom. The van der Waals surface area contributed by atoms with Crippen molar-refractivity contribution in [1.29, 1.82) is 0 Å². The molecular weight excluding hydrogens is 430 g/mol. The van der Waals surface area contributed by atoms with E-state index in [1.54, 1.807) is 0 Å². The summed E-state index contributed by atoms with van der Waals surface area (Å²) >= 11 is 6.23. The summed E-state index contributed by atoms with van der Waals surface area (Å²) in [6.07, 6.45) is 1.78. The highest BCUT2D eigenvalue weighted by atomic mass is 35.5. The van der Waals surface area contributed by atoms with Crippen LogP contribution in [0, 0.1) is 10.1 Å². The van der Waals surface area contributed by atoms with Crippen LogP contribution in [-0.2, 0) is 6.42 Å². The Balaban J connectivity index is 1.96. The average Bonchev–Trinajstić information content (AvgIpc) is 3.22. The van der Waals surface area contributed by atoms with E-state index in [2.05, 4.69) is 10.5 Å². The lowest BCUT2D eigenvalue weighted by atomic mass is 9.99. The van der Waals surface area contributed by atoms with E-state index >= 15 is 0 Å². The molecule has 0 fully saturated rings. The molecule has 1 aliphatic heterocycles. The molecule has 31 heavy (non-hydrogen) atoms. The van der Waals surface area contributed by atoms with Gasteiger partial charge in [-0.2, -0.15) is 5.10 Å². The topological polar surface area (TPSA) is 122 Å². The number of amides is 1. The molecule has 1 heterocycles. The van der Waals surface area contributed by atoms with Gasteiger partial charge in [-0.05, 0) is 19.4 Å². The van der Waals surface area contributed by atoms with Gasteiger partial charge in [-0.1, -0.05) is 6.07 Å². The second-order valence-electron chi connectivity index (χ2n) is 6.51. The second-order valence-corrected chi connectivity index (χ2v) is 7.26. The lowest BCUT2D eigenvalue weighted by Crippen LogP contribution is -2.18. The van der Waals surface area contributed by atoms with Gasteiger partial charge in [0.05, 0.1) is 25.4 Å². The van der Waals surface area contributed by atoms with Crippen molar-refractivity contribution in [2.45, 2.75) is 18.7 Å². The number of ether oxygens (including phenoxy) is 4. The van der Waals surface area contributed by atoms with Gasteiger partial charge in [-0.15, -0.1) is 11.6 Å². The van der Waals surface area contributed by atoms with Crippen LogP contribution in [0.3, 0.4) is 0 Å². The predicted molar refractivity (Wildman–Crippen MR) is 113 cm³/mol. The summed E-state index contributed by atoms with van der Waals surface area (Å²) in [6.45, 7) is 1.82. The normalized spacial score (nSPS) is 13.2. The number of nitro groups is 1. The Kier molecular flexibility index (Phi) is 6.81. The van der Waals surface area contributed by atoms with Gasteiger partial charge in [-0.25, -0.2) is 5.43 Å². The van der Waals surface area contributed by atoms with Gasteiger partial charge in [0.2, 0.25) is 18.3 Å². The Hall–Kier alpha value is -3.53. The number of hydrogen-bond acceptors (Lipinski definition) is 8. The zero-order chi connectivity index (χ0) is 22.5. The zero-order valence-corrected chi connectivity index (χ0v) is 17.8. The van der Waals surface area contributed by atoms with E-state index < -0.39 is 10.8 Å². The summed E-state index contributed by atoms with van der Waals surface area (Å²) in [6, 6.07) is 5.32. The van der Waals surface area contributed by atoms with Gasteiger partial charge in [-0.3, -0.25) is 14.9 Å². The summed E-state index contributed by atoms with van der Waals surface area (Å²) in [4.78, 5) is 22.7. The smallest absolute Gasteiger partial charge is 0.271 e. The summed E-state index contributed by atoms with van der Waals surface area (Å²) in [5, 5.41) is 14.7. The lowest BCUT2D eigenvalue weighted by molar-refractivity contribution is -0.384. The molecule has 0 aromatic heterocycles. The molecule has 0 saturated heterocycles. The Bertz CT molecular complexity index is 1040. The molecule has 1 amide bonds. The van der Waals surface area contributed by atoms with Crippen molar-refractivity contribution in [1.82, 2.24) is 5.43 Å². The molecule has 0 radical (unpaired) electrons.